The van der Waals surface area contributed by atoms with Crippen molar-refractivity contribution >= 4 is 0 Å². The summed E-state index contributed by atoms with van der Waals surface area (Å²) in [5.41, 5.74) is 1.41. The van der Waals surface area contributed by atoms with Crippen LogP contribution >= 0.6 is 0 Å². The Morgan fingerprint density at radius 2 is 1.63 bits per heavy atom. The Morgan fingerprint density at radius 1 is 0.947 bits per heavy atom. The predicted molar refractivity (Wildman–Crippen MR) is 70.8 cm³/mol. The average molecular weight is 259 g/mol. The third-order valence-electron chi connectivity index (χ3n) is 3.62. The highest BCUT2D eigenvalue weighted by atomic mass is 19.1. The van der Waals surface area contributed by atoms with Gasteiger partial charge in [-0.2, -0.15) is 0 Å². The van der Waals surface area contributed by atoms with Crippen LogP contribution in [0.25, 0.3) is 0 Å². The molecule has 0 aliphatic heterocycles. The summed E-state index contributed by atoms with van der Waals surface area (Å²) < 4.78 is 26.9. The van der Waals surface area contributed by atoms with Crippen LogP contribution in [0.2, 0.25) is 0 Å². The van der Waals surface area contributed by atoms with Gasteiger partial charge in [-0.1, -0.05) is 36.4 Å². The minimum absolute atomic E-state index is 0.126. The fourth-order valence-corrected chi connectivity index (χ4v) is 2.42. The molecule has 1 aliphatic rings. The predicted octanol–water partition coefficient (Wildman–Crippen LogP) is 3.61. The third kappa shape index (κ3) is 2.66. The molecule has 2 aromatic carbocycles. The molecule has 3 heteroatoms. The molecule has 2 aromatic rings. The fraction of sp³-hybridized carbons (Fsp3) is 0.250. The van der Waals surface area contributed by atoms with E-state index in [1.165, 1.54) is 23.8 Å². The van der Waals surface area contributed by atoms with E-state index in [0.29, 0.717) is 12.0 Å². The van der Waals surface area contributed by atoms with Crippen molar-refractivity contribution in [1.29, 1.82) is 0 Å². The number of benzene rings is 2. The smallest absolute Gasteiger partial charge is 0.130 e. The second kappa shape index (κ2) is 5.10. The van der Waals surface area contributed by atoms with Gasteiger partial charge in [0.25, 0.3) is 0 Å². The van der Waals surface area contributed by atoms with Crippen molar-refractivity contribution in [1.82, 2.24) is 5.32 Å². The standard InChI is InChI=1S/C16H15F2N/c17-14-7-4-8-15(18)13(14)10-19-16-9-12(16)11-5-2-1-3-6-11/h1-8,12,16,19H,9-10H2. The summed E-state index contributed by atoms with van der Waals surface area (Å²) >= 11 is 0. The first-order chi connectivity index (χ1) is 9.25. The van der Waals surface area contributed by atoms with Crippen LogP contribution in [0.3, 0.4) is 0 Å². The Balaban J connectivity index is 1.60. The first-order valence-corrected chi connectivity index (χ1v) is 6.47. The minimum Gasteiger partial charge on any atom is -0.309 e. The molecule has 1 aliphatic carbocycles. The maximum Gasteiger partial charge on any atom is 0.130 e. The van der Waals surface area contributed by atoms with E-state index in [9.17, 15) is 8.78 Å². The van der Waals surface area contributed by atoms with Gasteiger partial charge >= 0.3 is 0 Å². The van der Waals surface area contributed by atoms with E-state index in [1.54, 1.807) is 0 Å². The maximum absolute atomic E-state index is 13.5. The third-order valence-corrected chi connectivity index (χ3v) is 3.62. The lowest BCUT2D eigenvalue weighted by Gasteiger charge is -2.07. The van der Waals surface area contributed by atoms with Crippen molar-refractivity contribution in [3.8, 4) is 0 Å². The van der Waals surface area contributed by atoms with Crippen molar-refractivity contribution in [2.24, 2.45) is 0 Å². The molecule has 0 aromatic heterocycles. The highest BCUT2D eigenvalue weighted by molar-refractivity contribution is 5.28. The lowest BCUT2D eigenvalue weighted by atomic mass is 10.1. The zero-order chi connectivity index (χ0) is 13.2. The summed E-state index contributed by atoms with van der Waals surface area (Å²) in [6.07, 6.45) is 1.03. The molecule has 98 valence electrons. The molecular formula is C16H15F2N. The summed E-state index contributed by atoms with van der Waals surface area (Å²) in [5.74, 6) is -0.496. The van der Waals surface area contributed by atoms with Crippen LogP contribution in [-0.2, 0) is 6.54 Å². The number of nitrogens with one attached hydrogen (secondary N) is 1. The SMILES string of the molecule is Fc1cccc(F)c1CNC1CC1c1ccccc1. The largest absolute Gasteiger partial charge is 0.309 e. The molecule has 3 rings (SSSR count). The average Bonchev–Trinajstić information content (AvgIpc) is 3.19. The number of hydrogen-bond acceptors (Lipinski definition) is 1. The lowest BCUT2D eigenvalue weighted by Crippen LogP contribution is -2.19. The summed E-state index contributed by atoms with van der Waals surface area (Å²) in [4.78, 5) is 0. The van der Waals surface area contributed by atoms with Gasteiger partial charge in [-0.25, -0.2) is 8.78 Å². The quantitative estimate of drug-likeness (QED) is 0.884. The van der Waals surface area contributed by atoms with Crippen LogP contribution in [0, 0.1) is 11.6 Å². The fourth-order valence-electron chi connectivity index (χ4n) is 2.42. The van der Waals surface area contributed by atoms with Crippen molar-refractivity contribution < 1.29 is 8.78 Å². The molecule has 0 spiro atoms. The van der Waals surface area contributed by atoms with Crippen molar-refractivity contribution in [2.75, 3.05) is 0 Å². The number of halogens is 2. The molecular weight excluding hydrogens is 244 g/mol. The summed E-state index contributed by atoms with van der Waals surface area (Å²) in [5, 5.41) is 3.22. The molecule has 19 heavy (non-hydrogen) atoms. The van der Waals surface area contributed by atoms with E-state index in [2.05, 4.69) is 17.4 Å². The van der Waals surface area contributed by atoms with Crippen LogP contribution in [0.5, 0.6) is 0 Å². The molecule has 1 fully saturated rings. The molecule has 2 unspecified atom stereocenters. The van der Waals surface area contributed by atoms with E-state index in [-0.39, 0.29) is 12.1 Å². The van der Waals surface area contributed by atoms with Gasteiger partial charge in [0.2, 0.25) is 0 Å². The zero-order valence-corrected chi connectivity index (χ0v) is 10.4. The van der Waals surface area contributed by atoms with Crippen LogP contribution < -0.4 is 5.32 Å². The van der Waals surface area contributed by atoms with E-state index < -0.39 is 11.6 Å². The Labute approximate surface area is 111 Å². The molecule has 0 radical (unpaired) electrons. The lowest BCUT2D eigenvalue weighted by molar-refractivity contribution is 0.533. The molecule has 0 heterocycles. The number of hydrogen-bond donors (Lipinski definition) is 1. The van der Waals surface area contributed by atoms with Crippen LogP contribution in [-0.4, -0.2) is 6.04 Å². The second-order valence-corrected chi connectivity index (χ2v) is 4.94. The number of rotatable bonds is 4. The van der Waals surface area contributed by atoms with E-state index >= 15 is 0 Å². The normalized spacial score (nSPS) is 21.4. The molecule has 0 saturated heterocycles. The first-order valence-electron chi connectivity index (χ1n) is 6.47. The Hall–Kier alpha value is -1.74. The van der Waals surface area contributed by atoms with Gasteiger partial charge in [0.15, 0.2) is 0 Å². The molecule has 1 nitrogen and oxygen atoms in total. The van der Waals surface area contributed by atoms with Gasteiger partial charge in [0.1, 0.15) is 11.6 Å². The maximum atomic E-state index is 13.5. The van der Waals surface area contributed by atoms with E-state index in [4.69, 9.17) is 0 Å². The van der Waals surface area contributed by atoms with Crippen LogP contribution in [0.1, 0.15) is 23.5 Å². The van der Waals surface area contributed by atoms with Gasteiger partial charge in [-0.05, 0) is 24.1 Å². The Bertz CT molecular complexity index is 548. The summed E-state index contributed by atoms with van der Waals surface area (Å²) in [6, 6.07) is 14.5. The molecule has 0 amide bonds. The molecule has 0 bridgehead atoms. The van der Waals surface area contributed by atoms with E-state index in [0.717, 1.165) is 6.42 Å². The highest BCUT2D eigenvalue weighted by Crippen LogP contribution is 2.40. The van der Waals surface area contributed by atoms with Gasteiger partial charge < -0.3 is 5.32 Å². The summed E-state index contributed by atoms with van der Waals surface area (Å²) in [7, 11) is 0. The van der Waals surface area contributed by atoms with Crippen molar-refractivity contribution in [2.45, 2.75) is 24.9 Å². The van der Waals surface area contributed by atoms with Gasteiger partial charge in [0.05, 0.1) is 0 Å². The Morgan fingerprint density at radius 3 is 2.32 bits per heavy atom. The van der Waals surface area contributed by atoms with Gasteiger partial charge in [-0.3, -0.25) is 0 Å². The molecule has 1 N–H and O–H groups in total. The highest BCUT2D eigenvalue weighted by Gasteiger charge is 2.37. The van der Waals surface area contributed by atoms with Crippen LogP contribution in [0.4, 0.5) is 8.78 Å². The van der Waals surface area contributed by atoms with Crippen molar-refractivity contribution in [3.63, 3.8) is 0 Å². The monoisotopic (exact) mass is 259 g/mol. The molecule has 2 atom stereocenters. The zero-order valence-electron chi connectivity index (χ0n) is 10.4. The van der Waals surface area contributed by atoms with Crippen molar-refractivity contribution in [3.05, 3.63) is 71.3 Å². The van der Waals surface area contributed by atoms with Crippen LogP contribution in [0.15, 0.2) is 48.5 Å². The second-order valence-electron chi connectivity index (χ2n) is 4.94. The van der Waals surface area contributed by atoms with Gasteiger partial charge in [-0.15, -0.1) is 0 Å². The first kappa shape index (κ1) is 12.3. The summed E-state index contributed by atoms with van der Waals surface area (Å²) in [6.45, 7) is 0.243. The topological polar surface area (TPSA) is 12.0 Å². The molecule has 1 saturated carbocycles. The minimum atomic E-state index is -0.482. The Kier molecular flexibility index (Phi) is 3.30. The van der Waals surface area contributed by atoms with Gasteiger partial charge in [0, 0.05) is 24.1 Å². The van der Waals surface area contributed by atoms with E-state index in [1.807, 2.05) is 18.2 Å².